The van der Waals surface area contributed by atoms with Crippen molar-refractivity contribution in [1.29, 1.82) is 0 Å². The van der Waals surface area contributed by atoms with E-state index in [1.54, 1.807) is 0 Å². The van der Waals surface area contributed by atoms with Crippen molar-refractivity contribution in [1.82, 2.24) is 10.2 Å². The van der Waals surface area contributed by atoms with Crippen LogP contribution in [0.2, 0.25) is 5.15 Å². The van der Waals surface area contributed by atoms with Gasteiger partial charge in [0.15, 0.2) is 5.15 Å². The molecule has 3 heteroatoms. The van der Waals surface area contributed by atoms with Crippen LogP contribution in [0.3, 0.4) is 0 Å². The van der Waals surface area contributed by atoms with Gasteiger partial charge in [-0.15, -0.1) is 5.10 Å². The summed E-state index contributed by atoms with van der Waals surface area (Å²) < 4.78 is 0. The molecule has 14 heavy (non-hydrogen) atoms. The molecule has 76 valence electrons. The molecule has 1 atom stereocenters. The minimum absolute atomic E-state index is 0.521. The number of nitrogens with zero attached hydrogens (tertiary/aromatic N) is 2. The highest BCUT2D eigenvalue weighted by Gasteiger charge is 2.24. The van der Waals surface area contributed by atoms with E-state index >= 15 is 0 Å². The van der Waals surface area contributed by atoms with Crippen LogP contribution >= 0.6 is 11.6 Å². The van der Waals surface area contributed by atoms with Gasteiger partial charge in [0.1, 0.15) is 0 Å². The summed E-state index contributed by atoms with van der Waals surface area (Å²) in [6, 6.07) is 1.97. The Labute approximate surface area is 89.7 Å². The van der Waals surface area contributed by atoms with E-state index in [0.29, 0.717) is 17.0 Å². The van der Waals surface area contributed by atoms with Crippen LogP contribution in [0.25, 0.3) is 0 Å². The lowest BCUT2D eigenvalue weighted by Gasteiger charge is -2.26. The van der Waals surface area contributed by atoms with E-state index in [1.165, 1.54) is 24.1 Å². The zero-order chi connectivity index (χ0) is 10.1. The summed E-state index contributed by atoms with van der Waals surface area (Å²) in [4.78, 5) is 0. The lowest BCUT2D eigenvalue weighted by Crippen LogP contribution is -2.17. The molecule has 0 aromatic carbocycles. The Kier molecular flexibility index (Phi) is 2.73. The molecule has 1 aliphatic carbocycles. The minimum atomic E-state index is 0.521. The first-order valence-electron chi connectivity index (χ1n) is 5.20. The molecule has 0 bridgehead atoms. The van der Waals surface area contributed by atoms with Crippen molar-refractivity contribution in [2.24, 2.45) is 5.92 Å². The maximum Gasteiger partial charge on any atom is 0.152 e. The van der Waals surface area contributed by atoms with Crippen molar-refractivity contribution in [2.45, 2.75) is 39.0 Å². The third kappa shape index (κ3) is 1.76. The smallest absolute Gasteiger partial charge is 0.152 e. The topological polar surface area (TPSA) is 25.8 Å². The zero-order valence-corrected chi connectivity index (χ0v) is 9.38. The normalized spacial score (nSPS) is 21.0. The Balaban J connectivity index is 2.40. The van der Waals surface area contributed by atoms with Crippen LogP contribution in [0.4, 0.5) is 0 Å². The van der Waals surface area contributed by atoms with Gasteiger partial charge in [-0.1, -0.05) is 25.4 Å². The van der Waals surface area contributed by atoms with Crippen LogP contribution in [0.1, 0.15) is 43.9 Å². The van der Waals surface area contributed by atoms with Gasteiger partial charge >= 0.3 is 0 Å². The molecule has 0 spiro atoms. The number of rotatable bonds is 1. The second-order valence-corrected chi connectivity index (χ2v) is 4.71. The van der Waals surface area contributed by atoms with Crippen molar-refractivity contribution in [3.05, 3.63) is 22.5 Å². The van der Waals surface area contributed by atoms with Crippen molar-refractivity contribution in [3.8, 4) is 0 Å². The molecule has 0 saturated heterocycles. The molecule has 0 aliphatic heterocycles. The minimum Gasteiger partial charge on any atom is -0.154 e. The van der Waals surface area contributed by atoms with E-state index in [4.69, 9.17) is 11.6 Å². The van der Waals surface area contributed by atoms with Crippen molar-refractivity contribution in [2.75, 3.05) is 0 Å². The van der Waals surface area contributed by atoms with Crippen LogP contribution in [-0.4, -0.2) is 10.2 Å². The maximum atomic E-state index is 5.83. The fourth-order valence-electron chi connectivity index (χ4n) is 2.22. The Bertz CT molecular complexity index is 336. The molecule has 0 amide bonds. The summed E-state index contributed by atoms with van der Waals surface area (Å²) in [5.74, 6) is 1.22. The summed E-state index contributed by atoms with van der Waals surface area (Å²) in [6.07, 6.45) is 3.59. The molecule has 1 heterocycles. The van der Waals surface area contributed by atoms with Crippen molar-refractivity contribution < 1.29 is 0 Å². The van der Waals surface area contributed by atoms with Gasteiger partial charge in [-0.25, -0.2) is 0 Å². The third-order valence-corrected chi connectivity index (χ3v) is 3.18. The fraction of sp³-hybridized carbons (Fsp3) is 0.636. The number of aryl methyl sites for hydroxylation is 1. The largest absolute Gasteiger partial charge is 0.154 e. The molecule has 2 rings (SSSR count). The van der Waals surface area contributed by atoms with E-state index in [-0.39, 0.29) is 0 Å². The monoisotopic (exact) mass is 210 g/mol. The zero-order valence-electron chi connectivity index (χ0n) is 8.63. The van der Waals surface area contributed by atoms with Gasteiger partial charge in [-0.3, -0.25) is 0 Å². The van der Waals surface area contributed by atoms with E-state index in [9.17, 15) is 0 Å². The first kappa shape index (κ1) is 9.91. The number of hydrogen-bond donors (Lipinski definition) is 0. The molecule has 1 aromatic rings. The summed E-state index contributed by atoms with van der Waals surface area (Å²) in [7, 11) is 0. The fourth-order valence-corrected chi connectivity index (χ4v) is 2.39. The van der Waals surface area contributed by atoms with E-state index in [1.807, 2.05) is 6.07 Å². The second-order valence-electron chi connectivity index (χ2n) is 4.32. The van der Waals surface area contributed by atoms with Gasteiger partial charge in [-0.2, -0.15) is 5.10 Å². The molecule has 1 aromatic heterocycles. The van der Waals surface area contributed by atoms with Crippen LogP contribution < -0.4 is 0 Å². The summed E-state index contributed by atoms with van der Waals surface area (Å²) >= 11 is 5.83. The standard InChI is InChI=1S/C11H15ClN2/c1-7(2)9-5-3-4-8-6-10(12)13-14-11(8)9/h6-7,9H,3-5H2,1-2H3. The maximum absolute atomic E-state index is 5.83. The second kappa shape index (κ2) is 3.85. The van der Waals surface area contributed by atoms with Crippen molar-refractivity contribution in [3.63, 3.8) is 0 Å². The molecular formula is C11H15ClN2. The SMILES string of the molecule is CC(C)C1CCCc2cc(Cl)nnc21. The quantitative estimate of drug-likeness (QED) is 0.712. The molecule has 0 N–H and O–H groups in total. The molecule has 2 nitrogen and oxygen atoms in total. The Morgan fingerprint density at radius 1 is 1.43 bits per heavy atom. The summed E-state index contributed by atoms with van der Waals surface area (Å²) in [5, 5.41) is 8.70. The van der Waals surface area contributed by atoms with Crippen LogP contribution in [0.5, 0.6) is 0 Å². The van der Waals surface area contributed by atoms with Crippen molar-refractivity contribution >= 4 is 11.6 Å². The molecule has 0 fully saturated rings. The number of aromatic nitrogens is 2. The predicted octanol–water partition coefficient (Wildman–Crippen LogP) is 3.21. The first-order valence-corrected chi connectivity index (χ1v) is 5.58. The predicted molar refractivity (Wildman–Crippen MR) is 57.6 cm³/mol. The van der Waals surface area contributed by atoms with Gasteiger partial charge in [0, 0.05) is 5.92 Å². The van der Waals surface area contributed by atoms with E-state index in [2.05, 4.69) is 24.0 Å². The molecule has 1 unspecified atom stereocenters. The highest BCUT2D eigenvalue weighted by molar-refractivity contribution is 6.29. The van der Waals surface area contributed by atoms with Gasteiger partial charge < -0.3 is 0 Å². The number of hydrogen-bond acceptors (Lipinski definition) is 2. The van der Waals surface area contributed by atoms with E-state index in [0.717, 1.165) is 6.42 Å². The summed E-state index contributed by atoms with van der Waals surface area (Å²) in [6.45, 7) is 4.49. The number of fused-ring (bicyclic) bond motifs is 1. The number of halogens is 1. The Morgan fingerprint density at radius 2 is 2.21 bits per heavy atom. The third-order valence-electron chi connectivity index (χ3n) is 2.99. The first-order chi connectivity index (χ1) is 6.68. The van der Waals surface area contributed by atoms with Crippen LogP contribution in [0.15, 0.2) is 6.07 Å². The molecule has 1 aliphatic rings. The van der Waals surface area contributed by atoms with Gasteiger partial charge in [-0.05, 0) is 36.8 Å². The molecule has 0 radical (unpaired) electrons. The average molecular weight is 211 g/mol. The molecular weight excluding hydrogens is 196 g/mol. The van der Waals surface area contributed by atoms with Gasteiger partial charge in [0.2, 0.25) is 0 Å². The van der Waals surface area contributed by atoms with Crippen LogP contribution in [0, 0.1) is 5.92 Å². The van der Waals surface area contributed by atoms with Crippen LogP contribution in [-0.2, 0) is 6.42 Å². The van der Waals surface area contributed by atoms with Gasteiger partial charge in [0.25, 0.3) is 0 Å². The Hall–Kier alpha value is -0.630. The Morgan fingerprint density at radius 3 is 2.93 bits per heavy atom. The highest BCUT2D eigenvalue weighted by atomic mass is 35.5. The lowest BCUT2D eigenvalue weighted by atomic mass is 9.80. The van der Waals surface area contributed by atoms with Gasteiger partial charge in [0.05, 0.1) is 5.69 Å². The highest BCUT2D eigenvalue weighted by Crippen LogP contribution is 2.35. The summed E-state index contributed by atoms with van der Waals surface area (Å²) in [5.41, 5.74) is 2.48. The van der Waals surface area contributed by atoms with E-state index < -0.39 is 0 Å². The average Bonchev–Trinajstić information content (AvgIpc) is 2.16. The lowest BCUT2D eigenvalue weighted by molar-refractivity contribution is 0.419. The molecule has 0 saturated carbocycles.